The lowest BCUT2D eigenvalue weighted by Crippen LogP contribution is -2.45. The molecule has 3 aliphatic rings. The van der Waals surface area contributed by atoms with Crippen LogP contribution < -0.4 is 10.2 Å². The SMILES string of the molecule is CCN(CC)C(=O)C1CCCN(c2nc(NCCN3CCOCC3)c3ncn(CCN4CCCC4=O)c3n2)C1. The summed E-state index contributed by atoms with van der Waals surface area (Å²) in [6.07, 6.45) is 5.18. The number of nitrogens with one attached hydrogen (secondary N) is 1. The van der Waals surface area contributed by atoms with E-state index < -0.39 is 0 Å². The number of rotatable bonds is 11. The van der Waals surface area contributed by atoms with E-state index in [2.05, 4.69) is 20.1 Å². The molecule has 5 rings (SSSR count). The van der Waals surface area contributed by atoms with E-state index in [9.17, 15) is 9.59 Å². The molecule has 3 aliphatic heterocycles. The lowest BCUT2D eigenvalue weighted by molar-refractivity contribution is -0.135. The van der Waals surface area contributed by atoms with E-state index in [1.165, 1.54) is 0 Å². The molecule has 214 valence electrons. The molecule has 0 spiro atoms. The van der Waals surface area contributed by atoms with Crippen molar-refractivity contribution >= 4 is 34.7 Å². The molecular formula is C27H43N9O3. The number of likely N-dealkylation sites (tertiary alicyclic amines) is 1. The zero-order chi connectivity index (χ0) is 27.2. The van der Waals surface area contributed by atoms with E-state index in [0.717, 1.165) is 102 Å². The Bertz CT molecular complexity index is 1130. The third-order valence-electron chi connectivity index (χ3n) is 8.19. The molecule has 1 atom stereocenters. The average Bonchev–Trinajstić information content (AvgIpc) is 3.58. The van der Waals surface area contributed by atoms with Crippen LogP contribution in [0, 0.1) is 5.92 Å². The number of morpholine rings is 1. The van der Waals surface area contributed by atoms with Crippen LogP contribution in [0.5, 0.6) is 0 Å². The fourth-order valence-corrected chi connectivity index (χ4v) is 5.84. The molecule has 2 amide bonds. The topological polar surface area (TPSA) is 112 Å². The minimum absolute atomic E-state index is 0.0539. The molecule has 2 aromatic heterocycles. The molecule has 0 radical (unpaired) electrons. The Balaban J connectivity index is 1.37. The van der Waals surface area contributed by atoms with Crippen molar-refractivity contribution in [1.82, 2.24) is 34.2 Å². The highest BCUT2D eigenvalue weighted by Crippen LogP contribution is 2.27. The monoisotopic (exact) mass is 541 g/mol. The predicted octanol–water partition coefficient (Wildman–Crippen LogP) is 1.28. The van der Waals surface area contributed by atoms with Crippen LogP contribution in [0.2, 0.25) is 0 Å². The van der Waals surface area contributed by atoms with Crippen LogP contribution in [-0.4, -0.2) is 125 Å². The van der Waals surface area contributed by atoms with Gasteiger partial charge in [0.2, 0.25) is 17.8 Å². The highest BCUT2D eigenvalue weighted by atomic mass is 16.5. The predicted molar refractivity (Wildman–Crippen MR) is 150 cm³/mol. The molecule has 0 saturated carbocycles. The first-order valence-corrected chi connectivity index (χ1v) is 14.7. The van der Waals surface area contributed by atoms with Crippen molar-refractivity contribution < 1.29 is 14.3 Å². The summed E-state index contributed by atoms with van der Waals surface area (Å²) in [5.74, 6) is 1.73. The standard InChI is InChI=1S/C27H43N9O3/c1-3-33(4-2)26(38)21-7-5-11-35(19-21)27-30-24(28-9-12-32-15-17-39-18-16-32)23-25(31-27)36(20-29-23)14-13-34-10-6-8-22(34)37/h20-21H,3-19H2,1-2H3,(H,28,30,31). The fourth-order valence-electron chi connectivity index (χ4n) is 5.84. The number of anilines is 2. The van der Waals surface area contributed by atoms with Crippen LogP contribution in [0.15, 0.2) is 6.33 Å². The van der Waals surface area contributed by atoms with Gasteiger partial charge >= 0.3 is 0 Å². The highest BCUT2D eigenvalue weighted by molar-refractivity contribution is 5.85. The fraction of sp³-hybridized carbons (Fsp3) is 0.741. The van der Waals surface area contributed by atoms with Crippen LogP contribution in [0.25, 0.3) is 11.2 Å². The number of ether oxygens (including phenoxy) is 1. The van der Waals surface area contributed by atoms with Gasteiger partial charge < -0.3 is 29.3 Å². The Kier molecular flexibility index (Phi) is 9.13. The van der Waals surface area contributed by atoms with Crippen LogP contribution in [-0.2, 0) is 20.9 Å². The van der Waals surface area contributed by atoms with Crippen molar-refractivity contribution in [2.24, 2.45) is 5.92 Å². The molecule has 2 aromatic rings. The first kappa shape index (κ1) is 27.6. The van der Waals surface area contributed by atoms with Crippen molar-refractivity contribution in [3.05, 3.63) is 6.33 Å². The molecule has 0 bridgehead atoms. The summed E-state index contributed by atoms with van der Waals surface area (Å²) in [7, 11) is 0. The van der Waals surface area contributed by atoms with Crippen molar-refractivity contribution in [2.45, 2.75) is 46.1 Å². The van der Waals surface area contributed by atoms with Gasteiger partial charge in [-0.15, -0.1) is 0 Å². The number of imidazole rings is 1. The smallest absolute Gasteiger partial charge is 0.229 e. The number of piperidine rings is 1. The maximum atomic E-state index is 13.1. The Labute approximate surface area is 230 Å². The largest absolute Gasteiger partial charge is 0.379 e. The Morgan fingerprint density at radius 2 is 1.90 bits per heavy atom. The molecule has 5 heterocycles. The summed E-state index contributed by atoms with van der Waals surface area (Å²) in [4.78, 5) is 48.3. The second-order valence-corrected chi connectivity index (χ2v) is 10.6. The molecule has 39 heavy (non-hydrogen) atoms. The van der Waals surface area contributed by atoms with Gasteiger partial charge in [-0.2, -0.15) is 9.97 Å². The van der Waals surface area contributed by atoms with Gasteiger partial charge in [-0.1, -0.05) is 0 Å². The van der Waals surface area contributed by atoms with Gasteiger partial charge in [-0.3, -0.25) is 14.5 Å². The lowest BCUT2D eigenvalue weighted by Gasteiger charge is -2.34. The highest BCUT2D eigenvalue weighted by Gasteiger charge is 2.30. The number of carbonyl (C=O) groups excluding carboxylic acids is 2. The second kappa shape index (κ2) is 12.9. The van der Waals surface area contributed by atoms with Crippen molar-refractivity contribution in [1.29, 1.82) is 0 Å². The first-order chi connectivity index (χ1) is 19.1. The van der Waals surface area contributed by atoms with E-state index in [1.807, 2.05) is 28.2 Å². The molecule has 0 aromatic carbocycles. The molecule has 12 heteroatoms. The van der Waals surface area contributed by atoms with E-state index in [-0.39, 0.29) is 17.7 Å². The molecule has 1 N–H and O–H groups in total. The van der Waals surface area contributed by atoms with Crippen LogP contribution in [0.1, 0.15) is 39.5 Å². The van der Waals surface area contributed by atoms with E-state index in [1.54, 1.807) is 6.33 Å². The van der Waals surface area contributed by atoms with E-state index in [4.69, 9.17) is 14.7 Å². The third-order valence-corrected chi connectivity index (χ3v) is 8.19. The van der Waals surface area contributed by atoms with Gasteiger partial charge in [0, 0.05) is 78.4 Å². The number of carbonyl (C=O) groups is 2. The Hall–Kier alpha value is -2.99. The molecular weight excluding hydrogens is 498 g/mol. The van der Waals surface area contributed by atoms with Gasteiger partial charge in [0.15, 0.2) is 17.0 Å². The summed E-state index contributed by atoms with van der Waals surface area (Å²) < 4.78 is 7.51. The zero-order valence-electron chi connectivity index (χ0n) is 23.5. The average molecular weight is 542 g/mol. The molecule has 12 nitrogen and oxygen atoms in total. The quantitative estimate of drug-likeness (QED) is 0.450. The summed E-state index contributed by atoms with van der Waals surface area (Å²) in [5.41, 5.74) is 1.50. The number of hydrogen-bond donors (Lipinski definition) is 1. The maximum absolute atomic E-state index is 13.1. The van der Waals surface area contributed by atoms with Crippen LogP contribution in [0.3, 0.4) is 0 Å². The summed E-state index contributed by atoms with van der Waals surface area (Å²) in [5, 5.41) is 3.53. The van der Waals surface area contributed by atoms with Crippen LogP contribution >= 0.6 is 0 Å². The Morgan fingerprint density at radius 3 is 2.64 bits per heavy atom. The minimum atomic E-state index is -0.0539. The van der Waals surface area contributed by atoms with Gasteiger partial charge in [0.25, 0.3) is 0 Å². The molecule has 3 fully saturated rings. The minimum Gasteiger partial charge on any atom is -0.379 e. The van der Waals surface area contributed by atoms with Gasteiger partial charge in [-0.05, 0) is 33.1 Å². The number of aromatic nitrogens is 4. The normalized spacial score (nSPS) is 20.7. The van der Waals surface area contributed by atoms with E-state index >= 15 is 0 Å². The zero-order valence-corrected chi connectivity index (χ0v) is 23.5. The van der Waals surface area contributed by atoms with E-state index in [0.29, 0.717) is 32.0 Å². The molecule has 1 unspecified atom stereocenters. The number of hydrogen-bond acceptors (Lipinski definition) is 9. The number of amides is 2. The van der Waals surface area contributed by atoms with Gasteiger partial charge in [0.05, 0.1) is 25.5 Å². The molecule has 0 aliphatic carbocycles. The maximum Gasteiger partial charge on any atom is 0.229 e. The third kappa shape index (κ3) is 6.43. The number of nitrogens with zero attached hydrogens (tertiary/aromatic N) is 8. The van der Waals surface area contributed by atoms with Crippen LogP contribution in [0.4, 0.5) is 11.8 Å². The summed E-state index contributed by atoms with van der Waals surface area (Å²) in [6.45, 7) is 14.1. The summed E-state index contributed by atoms with van der Waals surface area (Å²) in [6, 6.07) is 0. The van der Waals surface area contributed by atoms with Crippen molar-refractivity contribution in [3.63, 3.8) is 0 Å². The number of fused-ring (bicyclic) bond motifs is 1. The first-order valence-electron chi connectivity index (χ1n) is 14.7. The second-order valence-electron chi connectivity index (χ2n) is 10.6. The lowest BCUT2D eigenvalue weighted by atomic mass is 9.96. The Morgan fingerprint density at radius 1 is 1.08 bits per heavy atom. The van der Waals surface area contributed by atoms with Gasteiger partial charge in [0.1, 0.15) is 0 Å². The van der Waals surface area contributed by atoms with Crippen molar-refractivity contribution in [2.75, 3.05) is 88.9 Å². The van der Waals surface area contributed by atoms with Gasteiger partial charge in [-0.25, -0.2) is 4.98 Å². The summed E-state index contributed by atoms with van der Waals surface area (Å²) >= 11 is 0. The van der Waals surface area contributed by atoms with Crippen molar-refractivity contribution in [3.8, 4) is 0 Å². The molecule has 3 saturated heterocycles.